The Morgan fingerprint density at radius 1 is 1.38 bits per heavy atom. The number of hydrogen-bond donors (Lipinski definition) is 2. The van der Waals surface area contributed by atoms with E-state index < -0.39 is 0 Å². The zero-order valence-electron chi connectivity index (χ0n) is 13.0. The van der Waals surface area contributed by atoms with E-state index in [1.54, 1.807) is 18.9 Å². The molecule has 1 aliphatic rings. The van der Waals surface area contributed by atoms with E-state index in [0.29, 0.717) is 11.0 Å². The molecule has 0 saturated carbocycles. The number of rotatable bonds is 5. The van der Waals surface area contributed by atoms with Gasteiger partial charge in [-0.1, -0.05) is 6.07 Å². The third-order valence-corrected chi connectivity index (χ3v) is 5.19. The van der Waals surface area contributed by atoms with Gasteiger partial charge >= 0.3 is 0 Å². The number of carbonyl (C=O) groups excluding carboxylic acids is 1. The Morgan fingerprint density at radius 3 is 2.76 bits per heavy atom. The molecule has 21 heavy (non-hydrogen) atoms. The van der Waals surface area contributed by atoms with Gasteiger partial charge in [0.2, 0.25) is 5.91 Å². The highest BCUT2D eigenvalue weighted by Gasteiger charge is 2.16. The van der Waals surface area contributed by atoms with Gasteiger partial charge in [0, 0.05) is 16.5 Å². The fourth-order valence-electron chi connectivity index (χ4n) is 2.62. The molecule has 1 saturated heterocycles. The molecule has 0 spiro atoms. The van der Waals surface area contributed by atoms with Gasteiger partial charge in [0.25, 0.3) is 0 Å². The van der Waals surface area contributed by atoms with Crippen molar-refractivity contribution >= 4 is 23.4 Å². The summed E-state index contributed by atoms with van der Waals surface area (Å²) in [6, 6.07) is 3.92. The first-order valence-corrected chi connectivity index (χ1v) is 8.43. The fraction of sp³-hybridized carbons (Fsp3) is 0.562. The number of nitrogens with one attached hydrogen (secondary N) is 2. The smallest absolute Gasteiger partial charge is 0.234 e. The zero-order valence-corrected chi connectivity index (χ0v) is 13.8. The minimum atomic E-state index is 0.0625. The molecule has 1 aromatic carbocycles. The van der Waals surface area contributed by atoms with E-state index in [1.165, 1.54) is 0 Å². The molecular formula is C16H24N2O2S. The van der Waals surface area contributed by atoms with Crippen LogP contribution in [0.2, 0.25) is 0 Å². The minimum Gasteiger partial charge on any atom is -0.496 e. The lowest BCUT2D eigenvalue weighted by Crippen LogP contribution is -2.30. The van der Waals surface area contributed by atoms with Crippen LogP contribution in [0.1, 0.15) is 24.0 Å². The fourth-order valence-corrected chi connectivity index (χ4v) is 3.65. The van der Waals surface area contributed by atoms with Gasteiger partial charge in [0.1, 0.15) is 5.75 Å². The van der Waals surface area contributed by atoms with E-state index in [4.69, 9.17) is 4.74 Å². The van der Waals surface area contributed by atoms with Crippen molar-refractivity contribution in [3.8, 4) is 5.75 Å². The number of aryl methyl sites for hydroxylation is 1. The Kier molecular flexibility index (Phi) is 5.94. The summed E-state index contributed by atoms with van der Waals surface area (Å²) < 4.78 is 5.39. The number of amides is 1. The second kappa shape index (κ2) is 7.71. The molecule has 0 aromatic heterocycles. The highest BCUT2D eigenvalue weighted by Crippen LogP contribution is 2.29. The number of hydrogen-bond acceptors (Lipinski definition) is 4. The van der Waals surface area contributed by atoms with Gasteiger partial charge in [0.05, 0.1) is 12.9 Å². The van der Waals surface area contributed by atoms with Gasteiger partial charge in [-0.2, -0.15) is 0 Å². The first-order valence-electron chi connectivity index (χ1n) is 7.38. The predicted molar refractivity (Wildman–Crippen MR) is 89.4 cm³/mol. The number of carbonyl (C=O) groups is 1. The van der Waals surface area contributed by atoms with Crippen LogP contribution in [-0.4, -0.2) is 37.1 Å². The molecule has 0 bridgehead atoms. The molecule has 0 aliphatic carbocycles. The van der Waals surface area contributed by atoms with E-state index in [1.807, 2.05) is 26.0 Å². The van der Waals surface area contributed by atoms with E-state index in [9.17, 15) is 4.79 Å². The van der Waals surface area contributed by atoms with Crippen molar-refractivity contribution in [3.63, 3.8) is 0 Å². The second-order valence-electron chi connectivity index (χ2n) is 5.40. The van der Waals surface area contributed by atoms with Crippen LogP contribution < -0.4 is 15.4 Å². The lowest BCUT2D eigenvalue weighted by Gasteiger charge is -2.21. The van der Waals surface area contributed by atoms with E-state index >= 15 is 0 Å². The maximum Gasteiger partial charge on any atom is 0.234 e. The summed E-state index contributed by atoms with van der Waals surface area (Å²) in [6.07, 6.45) is 2.30. The first-order chi connectivity index (χ1) is 10.1. The Morgan fingerprint density at radius 2 is 2.10 bits per heavy atom. The Hall–Kier alpha value is -1.20. The number of thioether (sulfide) groups is 1. The molecule has 1 amide bonds. The van der Waals surface area contributed by atoms with Crippen LogP contribution in [0.5, 0.6) is 5.75 Å². The van der Waals surface area contributed by atoms with Crippen molar-refractivity contribution in [2.45, 2.75) is 31.9 Å². The van der Waals surface area contributed by atoms with Crippen LogP contribution in [0.15, 0.2) is 12.1 Å². The molecule has 5 heteroatoms. The highest BCUT2D eigenvalue weighted by molar-refractivity contribution is 8.00. The quantitative estimate of drug-likeness (QED) is 0.878. The zero-order chi connectivity index (χ0) is 15.2. The minimum absolute atomic E-state index is 0.0625. The molecule has 2 rings (SSSR count). The maximum absolute atomic E-state index is 12.1. The van der Waals surface area contributed by atoms with Crippen molar-refractivity contribution in [3.05, 3.63) is 23.3 Å². The van der Waals surface area contributed by atoms with E-state index in [0.717, 1.165) is 48.5 Å². The Labute approximate surface area is 131 Å². The van der Waals surface area contributed by atoms with Crippen molar-refractivity contribution in [1.29, 1.82) is 0 Å². The van der Waals surface area contributed by atoms with Gasteiger partial charge in [0.15, 0.2) is 0 Å². The second-order valence-corrected chi connectivity index (χ2v) is 6.69. The molecule has 0 radical (unpaired) electrons. The summed E-state index contributed by atoms with van der Waals surface area (Å²) in [4.78, 5) is 12.1. The Balaban J connectivity index is 1.90. The van der Waals surface area contributed by atoms with Gasteiger partial charge in [-0.3, -0.25) is 4.79 Å². The molecule has 1 heterocycles. The van der Waals surface area contributed by atoms with Crippen LogP contribution in [0.25, 0.3) is 0 Å². The van der Waals surface area contributed by atoms with Gasteiger partial charge in [-0.15, -0.1) is 11.8 Å². The molecule has 1 aromatic rings. The first kappa shape index (κ1) is 16.2. The average molecular weight is 308 g/mol. The molecule has 0 atom stereocenters. The largest absolute Gasteiger partial charge is 0.496 e. The summed E-state index contributed by atoms with van der Waals surface area (Å²) >= 11 is 1.76. The monoisotopic (exact) mass is 308 g/mol. The lowest BCUT2D eigenvalue weighted by molar-refractivity contribution is -0.113. The van der Waals surface area contributed by atoms with Crippen molar-refractivity contribution in [2.75, 3.05) is 31.3 Å². The van der Waals surface area contributed by atoms with Crippen molar-refractivity contribution < 1.29 is 9.53 Å². The molecule has 116 valence electrons. The summed E-state index contributed by atoms with van der Waals surface area (Å²) in [5, 5.41) is 6.94. The summed E-state index contributed by atoms with van der Waals surface area (Å²) in [5.41, 5.74) is 2.91. The van der Waals surface area contributed by atoms with Gasteiger partial charge < -0.3 is 15.4 Å². The SMILES string of the molecule is COc1c(C)ccc(NC(=O)CSC2CCNCC2)c1C. The molecular weight excluding hydrogens is 284 g/mol. The molecule has 1 aliphatic heterocycles. The van der Waals surface area contributed by atoms with Crippen LogP contribution in [-0.2, 0) is 4.79 Å². The molecule has 2 N–H and O–H groups in total. The average Bonchev–Trinajstić information content (AvgIpc) is 2.50. The third-order valence-electron chi connectivity index (χ3n) is 3.82. The molecule has 1 fully saturated rings. The van der Waals surface area contributed by atoms with E-state index in [2.05, 4.69) is 10.6 Å². The van der Waals surface area contributed by atoms with Crippen LogP contribution in [0.3, 0.4) is 0 Å². The lowest BCUT2D eigenvalue weighted by atomic mass is 10.1. The van der Waals surface area contributed by atoms with Crippen LogP contribution in [0.4, 0.5) is 5.69 Å². The van der Waals surface area contributed by atoms with Crippen LogP contribution in [0, 0.1) is 13.8 Å². The molecule has 4 nitrogen and oxygen atoms in total. The normalized spacial score (nSPS) is 15.8. The van der Waals surface area contributed by atoms with Gasteiger partial charge in [-0.05, 0) is 51.4 Å². The number of methoxy groups -OCH3 is 1. The van der Waals surface area contributed by atoms with Crippen LogP contribution >= 0.6 is 11.8 Å². The Bertz CT molecular complexity index is 499. The molecule has 0 unspecified atom stereocenters. The topological polar surface area (TPSA) is 50.4 Å². The summed E-state index contributed by atoms with van der Waals surface area (Å²) in [6.45, 7) is 6.10. The number of ether oxygens (including phenoxy) is 1. The van der Waals surface area contributed by atoms with E-state index in [-0.39, 0.29) is 5.91 Å². The standard InChI is InChI=1S/C16H24N2O2S/c1-11-4-5-14(12(2)16(11)20-3)18-15(19)10-21-13-6-8-17-9-7-13/h4-5,13,17H,6-10H2,1-3H3,(H,18,19). The highest BCUT2D eigenvalue weighted by atomic mass is 32.2. The number of anilines is 1. The number of piperidine rings is 1. The summed E-state index contributed by atoms with van der Waals surface area (Å²) in [5.74, 6) is 1.42. The summed E-state index contributed by atoms with van der Waals surface area (Å²) in [7, 11) is 1.66. The third kappa shape index (κ3) is 4.38. The van der Waals surface area contributed by atoms with Gasteiger partial charge in [-0.25, -0.2) is 0 Å². The van der Waals surface area contributed by atoms with Crippen molar-refractivity contribution in [1.82, 2.24) is 5.32 Å². The maximum atomic E-state index is 12.1. The predicted octanol–water partition coefficient (Wildman–Crippen LogP) is 2.74. The number of benzene rings is 1. The van der Waals surface area contributed by atoms with Crippen molar-refractivity contribution in [2.24, 2.45) is 0 Å².